The highest BCUT2D eigenvalue weighted by Gasteiger charge is 2.17. The number of nitrogens with zero attached hydrogens (tertiary/aromatic N) is 1. The summed E-state index contributed by atoms with van der Waals surface area (Å²) in [7, 11) is 0. The van der Waals surface area contributed by atoms with Crippen molar-refractivity contribution >= 4 is 22.9 Å². The third-order valence-corrected chi connectivity index (χ3v) is 3.35. The van der Waals surface area contributed by atoms with Gasteiger partial charge in [-0.1, -0.05) is 6.08 Å². The quantitative estimate of drug-likeness (QED) is 0.701. The summed E-state index contributed by atoms with van der Waals surface area (Å²) in [6, 6.07) is 0. The monoisotopic (exact) mass is 217 g/mol. The van der Waals surface area contributed by atoms with Crippen LogP contribution in [0.1, 0.15) is 18.4 Å². The minimum absolute atomic E-state index is 0.607. The molecule has 2 heterocycles. The number of rotatable bonds is 0. The van der Waals surface area contributed by atoms with Gasteiger partial charge in [0.25, 0.3) is 0 Å². The van der Waals surface area contributed by atoms with Crippen LogP contribution in [0.25, 0.3) is 0 Å². The first-order valence-electron chi connectivity index (χ1n) is 4.92. The SMILES string of the molecule is NC1=NC2=C(CCC=C2)Nc2cscc21. The van der Waals surface area contributed by atoms with Crippen LogP contribution in [0.15, 0.2) is 39.3 Å². The van der Waals surface area contributed by atoms with Crippen LogP contribution < -0.4 is 11.1 Å². The molecule has 0 saturated carbocycles. The maximum atomic E-state index is 5.95. The largest absolute Gasteiger partial charge is 0.383 e. The maximum absolute atomic E-state index is 5.95. The summed E-state index contributed by atoms with van der Waals surface area (Å²) in [5.74, 6) is 0.607. The van der Waals surface area contributed by atoms with Crippen LogP contribution in [-0.4, -0.2) is 5.84 Å². The second kappa shape index (κ2) is 3.24. The van der Waals surface area contributed by atoms with Crippen molar-refractivity contribution in [2.45, 2.75) is 12.8 Å². The fourth-order valence-corrected chi connectivity index (χ4v) is 2.60. The van der Waals surface area contributed by atoms with Crippen LogP contribution in [0.2, 0.25) is 0 Å². The van der Waals surface area contributed by atoms with Gasteiger partial charge in [-0.2, -0.15) is 0 Å². The van der Waals surface area contributed by atoms with Gasteiger partial charge in [0.05, 0.1) is 16.9 Å². The number of amidine groups is 1. The summed E-state index contributed by atoms with van der Waals surface area (Å²) in [4.78, 5) is 4.44. The summed E-state index contributed by atoms with van der Waals surface area (Å²) < 4.78 is 0. The summed E-state index contributed by atoms with van der Waals surface area (Å²) in [6.07, 6.45) is 6.25. The minimum atomic E-state index is 0.607. The molecule has 0 unspecified atom stereocenters. The van der Waals surface area contributed by atoms with Crippen LogP contribution >= 0.6 is 11.3 Å². The van der Waals surface area contributed by atoms with Gasteiger partial charge in [0, 0.05) is 16.5 Å². The number of allylic oxidation sites excluding steroid dienone is 3. The van der Waals surface area contributed by atoms with E-state index in [1.54, 1.807) is 11.3 Å². The van der Waals surface area contributed by atoms with Crippen molar-refractivity contribution < 1.29 is 0 Å². The van der Waals surface area contributed by atoms with Crippen molar-refractivity contribution in [3.63, 3.8) is 0 Å². The van der Waals surface area contributed by atoms with Gasteiger partial charge in [0.2, 0.25) is 0 Å². The molecule has 1 aromatic heterocycles. The Morgan fingerprint density at radius 2 is 2.33 bits per heavy atom. The summed E-state index contributed by atoms with van der Waals surface area (Å²) >= 11 is 1.64. The molecule has 2 aliphatic rings. The van der Waals surface area contributed by atoms with E-state index in [0.717, 1.165) is 29.8 Å². The summed E-state index contributed by atoms with van der Waals surface area (Å²) in [6.45, 7) is 0. The van der Waals surface area contributed by atoms with Crippen LogP contribution in [-0.2, 0) is 0 Å². The first-order chi connectivity index (χ1) is 7.34. The Bertz CT molecular complexity index is 494. The fourth-order valence-electron chi connectivity index (χ4n) is 1.83. The van der Waals surface area contributed by atoms with Crippen LogP contribution in [0.5, 0.6) is 0 Å². The Morgan fingerprint density at radius 1 is 1.40 bits per heavy atom. The zero-order chi connectivity index (χ0) is 10.3. The molecule has 0 amide bonds. The average Bonchev–Trinajstić information content (AvgIpc) is 2.64. The Morgan fingerprint density at radius 3 is 3.27 bits per heavy atom. The number of aliphatic imine (C=N–C) groups is 1. The smallest absolute Gasteiger partial charge is 0.134 e. The predicted octanol–water partition coefficient (Wildman–Crippen LogP) is 2.44. The van der Waals surface area contributed by atoms with Gasteiger partial charge in [-0.05, 0) is 18.9 Å². The molecular formula is C11H11N3S. The standard InChI is InChI=1S/C11H11N3S/c12-11-7-5-15-6-10(7)13-8-3-1-2-4-9(8)14-11/h2,4-6,13H,1,3H2,(H2,12,14). The van der Waals surface area contributed by atoms with Crippen molar-refractivity contribution in [2.75, 3.05) is 5.32 Å². The van der Waals surface area contributed by atoms with Gasteiger partial charge in [-0.3, -0.25) is 0 Å². The molecule has 3 N–H and O–H groups in total. The van der Waals surface area contributed by atoms with Crippen molar-refractivity contribution in [1.82, 2.24) is 0 Å². The lowest BCUT2D eigenvalue weighted by molar-refractivity contribution is 0.941. The van der Waals surface area contributed by atoms with Crippen molar-refractivity contribution in [3.05, 3.63) is 39.9 Å². The Labute approximate surface area is 92.0 Å². The molecule has 0 fully saturated rings. The van der Waals surface area contributed by atoms with Crippen LogP contribution in [0.4, 0.5) is 5.69 Å². The van der Waals surface area contributed by atoms with E-state index in [0.29, 0.717) is 5.84 Å². The number of hydrogen-bond acceptors (Lipinski definition) is 4. The summed E-state index contributed by atoms with van der Waals surface area (Å²) in [5, 5.41) is 7.52. The van der Waals surface area contributed by atoms with Gasteiger partial charge in [0.1, 0.15) is 5.84 Å². The van der Waals surface area contributed by atoms with E-state index in [1.807, 2.05) is 11.5 Å². The molecule has 0 bridgehead atoms. The van der Waals surface area contributed by atoms with E-state index in [4.69, 9.17) is 5.73 Å². The molecule has 0 saturated heterocycles. The zero-order valence-corrected chi connectivity index (χ0v) is 8.97. The lowest BCUT2D eigenvalue weighted by Gasteiger charge is -2.12. The molecule has 0 radical (unpaired) electrons. The van der Waals surface area contributed by atoms with E-state index in [-0.39, 0.29) is 0 Å². The number of nitrogens with two attached hydrogens (primary N) is 1. The molecule has 3 nitrogen and oxygen atoms in total. The normalized spacial score (nSPS) is 18.8. The van der Waals surface area contributed by atoms with Gasteiger partial charge in [-0.15, -0.1) is 11.3 Å². The molecule has 1 aromatic rings. The molecule has 0 aromatic carbocycles. The van der Waals surface area contributed by atoms with Gasteiger partial charge >= 0.3 is 0 Å². The van der Waals surface area contributed by atoms with E-state index in [9.17, 15) is 0 Å². The first-order valence-corrected chi connectivity index (χ1v) is 5.86. The molecule has 15 heavy (non-hydrogen) atoms. The molecule has 1 aliphatic carbocycles. The highest BCUT2D eigenvalue weighted by molar-refractivity contribution is 7.08. The van der Waals surface area contributed by atoms with E-state index < -0.39 is 0 Å². The van der Waals surface area contributed by atoms with Gasteiger partial charge in [0.15, 0.2) is 0 Å². The highest BCUT2D eigenvalue weighted by Crippen LogP contribution is 2.30. The lowest BCUT2D eigenvalue weighted by Crippen LogP contribution is -2.12. The van der Waals surface area contributed by atoms with E-state index in [2.05, 4.69) is 21.8 Å². The fraction of sp³-hybridized carbons (Fsp3) is 0.182. The molecule has 0 spiro atoms. The molecule has 3 rings (SSSR count). The van der Waals surface area contributed by atoms with Crippen LogP contribution in [0, 0.1) is 0 Å². The number of hydrogen-bond donors (Lipinski definition) is 2. The van der Waals surface area contributed by atoms with E-state index in [1.165, 1.54) is 5.70 Å². The second-order valence-electron chi connectivity index (χ2n) is 3.63. The Hall–Kier alpha value is -1.55. The number of fused-ring (bicyclic) bond motifs is 1. The second-order valence-corrected chi connectivity index (χ2v) is 4.37. The van der Waals surface area contributed by atoms with Crippen molar-refractivity contribution in [2.24, 2.45) is 10.7 Å². The molecular weight excluding hydrogens is 206 g/mol. The Kier molecular flexibility index (Phi) is 1.89. The molecule has 4 heteroatoms. The first kappa shape index (κ1) is 8.73. The molecule has 0 atom stereocenters. The molecule has 1 aliphatic heterocycles. The Balaban J connectivity index is 2.15. The van der Waals surface area contributed by atoms with Gasteiger partial charge < -0.3 is 11.1 Å². The lowest BCUT2D eigenvalue weighted by atomic mass is 10.1. The van der Waals surface area contributed by atoms with E-state index >= 15 is 0 Å². The van der Waals surface area contributed by atoms with Crippen molar-refractivity contribution in [3.8, 4) is 0 Å². The number of nitrogens with one attached hydrogen (secondary N) is 1. The third kappa shape index (κ3) is 1.37. The number of thiophene rings is 1. The maximum Gasteiger partial charge on any atom is 0.134 e. The molecule has 76 valence electrons. The van der Waals surface area contributed by atoms with Crippen molar-refractivity contribution in [1.29, 1.82) is 0 Å². The zero-order valence-electron chi connectivity index (χ0n) is 8.16. The third-order valence-electron chi connectivity index (χ3n) is 2.61. The highest BCUT2D eigenvalue weighted by atomic mass is 32.1. The topological polar surface area (TPSA) is 50.4 Å². The summed E-state index contributed by atoms with van der Waals surface area (Å²) in [5.41, 5.74) is 10.2. The predicted molar refractivity (Wildman–Crippen MR) is 64.1 cm³/mol. The number of anilines is 1. The van der Waals surface area contributed by atoms with Gasteiger partial charge in [-0.25, -0.2) is 4.99 Å². The van der Waals surface area contributed by atoms with Crippen LogP contribution in [0.3, 0.4) is 0 Å². The average molecular weight is 217 g/mol. The minimum Gasteiger partial charge on any atom is -0.383 e.